The Balaban J connectivity index is 1.51. The van der Waals surface area contributed by atoms with E-state index in [0.717, 1.165) is 49.2 Å². The van der Waals surface area contributed by atoms with Gasteiger partial charge in [0.1, 0.15) is 0 Å². The lowest BCUT2D eigenvalue weighted by Gasteiger charge is -2.12. The Morgan fingerprint density at radius 3 is 1.24 bits per heavy atom. The van der Waals surface area contributed by atoms with Crippen LogP contribution >= 0.6 is 0 Å². The van der Waals surface area contributed by atoms with Crippen molar-refractivity contribution < 1.29 is 0 Å². The van der Waals surface area contributed by atoms with Crippen molar-refractivity contribution in [2.75, 3.05) is 0 Å². The molecule has 0 N–H and O–H groups in total. The van der Waals surface area contributed by atoms with Gasteiger partial charge in [-0.15, -0.1) is 0 Å². The molecule has 4 aromatic carbocycles. The van der Waals surface area contributed by atoms with Crippen LogP contribution < -0.4 is 0 Å². The Kier molecular flexibility index (Phi) is 4.42. The summed E-state index contributed by atoms with van der Waals surface area (Å²) in [5.74, 6) is 1.70. The highest BCUT2D eigenvalue weighted by Gasteiger charge is 2.20. The first-order chi connectivity index (χ1) is 18.9. The van der Waals surface area contributed by atoms with Gasteiger partial charge in [-0.1, -0.05) is 72.8 Å². The van der Waals surface area contributed by atoms with Crippen molar-refractivity contribution in [1.82, 2.24) is 29.1 Å². The average molecular weight is 489 g/mol. The van der Waals surface area contributed by atoms with Crippen LogP contribution in [-0.4, -0.2) is 29.1 Å². The first kappa shape index (κ1) is 20.8. The fourth-order valence-corrected chi connectivity index (χ4v) is 5.45. The van der Waals surface area contributed by atoms with Crippen LogP contribution in [-0.2, 0) is 0 Å². The zero-order chi connectivity index (χ0) is 25.1. The molecule has 8 aromatic rings. The van der Waals surface area contributed by atoms with Crippen LogP contribution in [0.25, 0.3) is 66.9 Å². The van der Waals surface area contributed by atoms with E-state index >= 15 is 0 Å². The molecule has 0 aliphatic carbocycles. The van der Waals surface area contributed by atoms with E-state index in [1.807, 2.05) is 12.1 Å². The zero-order valence-corrected chi connectivity index (χ0v) is 20.2. The van der Waals surface area contributed by atoms with Gasteiger partial charge in [0.05, 0.1) is 22.1 Å². The van der Waals surface area contributed by atoms with Crippen molar-refractivity contribution in [2.45, 2.75) is 0 Å². The van der Waals surface area contributed by atoms with E-state index in [0.29, 0.717) is 17.7 Å². The third-order valence-electron chi connectivity index (χ3n) is 7.09. The third kappa shape index (κ3) is 3.01. The van der Waals surface area contributed by atoms with Crippen LogP contribution in [0.15, 0.2) is 122 Å². The number of nitrogens with zero attached hydrogens (tertiary/aromatic N) is 6. The molecule has 0 saturated carbocycles. The third-order valence-corrected chi connectivity index (χ3v) is 7.09. The fraction of sp³-hybridized carbons (Fsp3) is 0. The van der Waals surface area contributed by atoms with Crippen LogP contribution in [0.4, 0.5) is 0 Å². The highest BCUT2D eigenvalue weighted by molar-refractivity contribution is 6.10. The van der Waals surface area contributed by atoms with Gasteiger partial charge in [-0.05, 0) is 36.4 Å². The van der Waals surface area contributed by atoms with Gasteiger partial charge in [0.15, 0.2) is 5.82 Å². The van der Waals surface area contributed by atoms with E-state index < -0.39 is 0 Å². The monoisotopic (exact) mass is 488 g/mol. The van der Waals surface area contributed by atoms with Gasteiger partial charge in [0, 0.05) is 39.5 Å². The molecule has 0 unspecified atom stereocenters. The molecule has 6 heteroatoms. The van der Waals surface area contributed by atoms with Crippen LogP contribution in [0, 0.1) is 0 Å². The molecular weight excluding hydrogens is 468 g/mol. The number of hydrogen-bond donors (Lipinski definition) is 0. The van der Waals surface area contributed by atoms with E-state index in [1.54, 1.807) is 12.4 Å². The first-order valence-electron chi connectivity index (χ1n) is 12.5. The van der Waals surface area contributed by atoms with Gasteiger partial charge in [0.2, 0.25) is 11.9 Å². The van der Waals surface area contributed by atoms with Crippen molar-refractivity contribution in [3.8, 4) is 23.3 Å². The minimum absolute atomic E-state index is 0.563. The molecule has 4 heterocycles. The Bertz CT molecular complexity index is 1900. The van der Waals surface area contributed by atoms with Gasteiger partial charge in [0.25, 0.3) is 0 Å². The lowest BCUT2D eigenvalue weighted by molar-refractivity contribution is 0.892. The van der Waals surface area contributed by atoms with Crippen molar-refractivity contribution in [3.05, 3.63) is 122 Å². The summed E-state index contributed by atoms with van der Waals surface area (Å²) < 4.78 is 4.26. The quantitative estimate of drug-likeness (QED) is 0.265. The zero-order valence-electron chi connectivity index (χ0n) is 20.2. The SMILES string of the molecule is c1cncc(-c2nc(-n3c4ccccc4c4ccccc43)nc(-n3c4ccccc4c4ccccc43)n2)c1. The second-order valence-corrected chi connectivity index (χ2v) is 9.24. The number of aromatic nitrogens is 6. The summed E-state index contributed by atoms with van der Waals surface area (Å²) >= 11 is 0. The van der Waals surface area contributed by atoms with Crippen molar-refractivity contribution in [1.29, 1.82) is 0 Å². The number of pyridine rings is 1. The molecule has 6 nitrogen and oxygen atoms in total. The van der Waals surface area contributed by atoms with E-state index in [9.17, 15) is 0 Å². The molecule has 0 radical (unpaired) electrons. The van der Waals surface area contributed by atoms with E-state index in [-0.39, 0.29) is 0 Å². The summed E-state index contributed by atoms with van der Waals surface area (Å²) in [6.07, 6.45) is 3.55. The van der Waals surface area contributed by atoms with Gasteiger partial charge in [-0.2, -0.15) is 15.0 Å². The molecule has 4 aromatic heterocycles. The van der Waals surface area contributed by atoms with Crippen LogP contribution in [0.5, 0.6) is 0 Å². The molecule has 0 bridgehead atoms. The van der Waals surface area contributed by atoms with Crippen molar-refractivity contribution in [2.24, 2.45) is 0 Å². The molecule has 0 aliphatic rings. The Morgan fingerprint density at radius 1 is 0.421 bits per heavy atom. The minimum Gasteiger partial charge on any atom is -0.278 e. The Hall–Kier alpha value is -5.36. The highest BCUT2D eigenvalue weighted by Crippen LogP contribution is 2.34. The smallest absolute Gasteiger partial charge is 0.240 e. The van der Waals surface area contributed by atoms with Crippen molar-refractivity contribution in [3.63, 3.8) is 0 Å². The maximum atomic E-state index is 5.13. The normalized spacial score (nSPS) is 11.7. The molecular formula is C32H20N6. The molecule has 178 valence electrons. The average Bonchev–Trinajstić information content (AvgIpc) is 3.51. The predicted molar refractivity (Wildman–Crippen MR) is 152 cm³/mol. The van der Waals surface area contributed by atoms with Gasteiger partial charge in [-0.25, -0.2) is 0 Å². The summed E-state index contributed by atoms with van der Waals surface area (Å²) in [5.41, 5.74) is 5.02. The fourth-order valence-electron chi connectivity index (χ4n) is 5.45. The molecule has 8 rings (SSSR count). The standard InChI is InChI=1S/C32H20N6/c1-5-15-26-22(11-1)23-12-2-6-16-27(23)37(26)31-34-30(21-10-9-19-33-20-21)35-32(36-31)38-28-17-7-3-13-24(28)25-14-4-8-18-29(25)38/h1-20H. The van der Waals surface area contributed by atoms with Gasteiger partial charge < -0.3 is 0 Å². The number of fused-ring (bicyclic) bond motifs is 6. The molecule has 0 fully saturated rings. The van der Waals surface area contributed by atoms with E-state index in [4.69, 9.17) is 15.0 Å². The Morgan fingerprint density at radius 2 is 0.842 bits per heavy atom. The number of para-hydroxylation sites is 4. The molecule has 0 spiro atoms. The molecule has 38 heavy (non-hydrogen) atoms. The van der Waals surface area contributed by atoms with Crippen LogP contribution in [0.1, 0.15) is 0 Å². The number of benzene rings is 4. The predicted octanol–water partition coefficient (Wildman–Crippen LogP) is 7.13. The second-order valence-electron chi connectivity index (χ2n) is 9.24. The van der Waals surface area contributed by atoms with Crippen molar-refractivity contribution >= 4 is 43.6 Å². The molecule has 0 aliphatic heterocycles. The highest BCUT2D eigenvalue weighted by atomic mass is 15.3. The largest absolute Gasteiger partial charge is 0.278 e. The lowest BCUT2D eigenvalue weighted by atomic mass is 10.2. The molecule has 0 amide bonds. The van der Waals surface area contributed by atoms with E-state index in [1.165, 1.54) is 0 Å². The first-order valence-corrected chi connectivity index (χ1v) is 12.5. The number of hydrogen-bond acceptors (Lipinski definition) is 4. The maximum absolute atomic E-state index is 5.13. The summed E-state index contributed by atoms with van der Waals surface area (Å²) in [5, 5.41) is 4.63. The minimum atomic E-state index is 0.563. The lowest BCUT2D eigenvalue weighted by Crippen LogP contribution is -2.10. The van der Waals surface area contributed by atoms with Crippen LogP contribution in [0.3, 0.4) is 0 Å². The number of rotatable bonds is 3. The Labute approximate surface area is 217 Å². The maximum Gasteiger partial charge on any atom is 0.240 e. The summed E-state index contributed by atoms with van der Waals surface area (Å²) in [4.78, 5) is 19.5. The topological polar surface area (TPSA) is 61.4 Å². The second kappa shape index (κ2) is 8.08. The molecule has 0 saturated heterocycles. The van der Waals surface area contributed by atoms with Gasteiger partial charge in [-0.3, -0.25) is 14.1 Å². The summed E-state index contributed by atoms with van der Waals surface area (Å²) in [6, 6.07) is 37.4. The van der Waals surface area contributed by atoms with Crippen LogP contribution in [0.2, 0.25) is 0 Å². The summed E-state index contributed by atoms with van der Waals surface area (Å²) in [6.45, 7) is 0. The molecule has 0 atom stereocenters. The van der Waals surface area contributed by atoms with E-state index in [2.05, 4.69) is 111 Å². The summed E-state index contributed by atoms with van der Waals surface area (Å²) in [7, 11) is 0. The van der Waals surface area contributed by atoms with Gasteiger partial charge >= 0.3 is 0 Å².